The molecule has 5 heteroatoms. The van der Waals surface area contributed by atoms with Gasteiger partial charge in [0, 0.05) is 36.4 Å². The molecular weight excluding hydrogens is 308 g/mol. The first-order chi connectivity index (χ1) is 9.15. The maximum Gasteiger partial charge on any atom is 0.270 e. The molecule has 4 nitrogen and oxygen atoms in total. The van der Waals surface area contributed by atoms with Gasteiger partial charge in [0.15, 0.2) is 0 Å². The van der Waals surface area contributed by atoms with Crippen LogP contribution >= 0.6 is 15.9 Å². The fourth-order valence-electron chi connectivity index (χ4n) is 2.61. The summed E-state index contributed by atoms with van der Waals surface area (Å²) in [5.41, 5.74) is 0.809. The second kappa shape index (κ2) is 5.29. The van der Waals surface area contributed by atoms with Crippen LogP contribution in [0, 0.1) is 0 Å². The Kier molecular flexibility index (Phi) is 3.67. The van der Waals surface area contributed by atoms with Crippen molar-refractivity contribution in [2.24, 2.45) is 0 Å². The van der Waals surface area contributed by atoms with Crippen LogP contribution in [-0.4, -0.2) is 41.2 Å². The highest BCUT2D eigenvalue weighted by atomic mass is 79.9. The highest BCUT2D eigenvalue weighted by Gasteiger charge is 2.30. The van der Waals surface area contributed by atoms with Crippen LogP contribution in [0.5, 0.6) is 0 Å². The van der Waals surface area contributed by atoms with E-state index in [4.69, 9.17) is 4.74 Å². The zero-order valence-electron chi connectivity index (χ0n) is 11.1. The molecule has 104 valence electrons. The minimum Gasteiger partial charge on any atom is -0.377 e. The van der Waals surface area contributed by atoms with Crippen molar-refractivity contribution >= 4 is 21.8 Å². The quantitative estimate of drug-likeness (QED) is 0.837. The molecule has 1 amide bonds. The van der Waals surface area contributed by atoms with Crippen LogP contribution in [0.4, 0.5) is 0 Å². The van der Waals surface area contributed by atoms with E-state index < -0.39 is 0 Å². The van der Waals surface area contributed by atoms with E-state index in [0.29, 0.717) is 12.6 Å². The summed E-state index contributed by atoms with van der Waals surface area (Å²) >= 11 is 3.48. The Morgan fingerprint density at radius 3 is 3.00 bits per heavy atom. The Morgan fingerprint density at radius 1 is 1.47 bits per heavy atom. The van der Waals surface area contributed by atoms with E-state index in [2.05, 4.69) is 20.5 Å². The molecule has 1 aliphatic heterocycles. The van der Waals surface area contributed by atoms with Crippen LogP contribution in [0.25, 0.3) is 0 Å². The number of nitrogens with zero attached hydrogens (tertiary/aromatic N) is 2. The van der Waals surface area contributed by atoms with Crippen LogP contribution < -0.4 is 0 Å². The predicted octanol–water partition coefficient (Wildman–Crippen LogP) is 2.84. The lowest BCUT2D eigenvalue weighted by Gasteiger charge is -2.22. The lowest BCUT2D eigenvalue weighted by Crippen LogP contribution is -2.36. The summed E-state index contributed by atoms with van der Waals surface area (Å²) in [6.07, 6.45) is 5.44. The molecule has 1 aliphatic carbocycles. The van der Waals surface area contributed by atoms with Gasteiger partial charge in [0.2, 0.25) is 0 Å². The fraction of sp³-hybridized carbons (Fsp3) is 0.643. The number of carbonyl (C=O) groups excluding carboxylic acids is 1. The molecular formula is C14H19BrN2O2. The van der Waals surface area contributed by atoms with Crippen molar-refractivity contribution in [3.8, 4) is 0 Å². The Hall–Kier alpha value is -0.810. The second-order valence-corrected chi connectivity index (χ2v) is 6.38. The van der Waals surface area contributed by atoms with Gasteiger partial charge in [0.05, 0.1) is 6.10 Å². The molecule has 1 saturated heterocycles. The van der Waals surface area contributed by atoms with Gasteiger partial charge in [0.25, 0.3) is 5.91 Å². The molecule has 1 aromatic rings. The molecule has 3 rings (SSSR count). The van der Waals surface area contributed by atoms with Crippen molar-refractivity contribution in [1.82, 2.24) is 9.47 Å². The lowest BCUT2D eigenvalue weighted by molar-refractivity contribution is 0.0556. The van der Waals surface area contributed by atoms with Gasteiger partial charge in [-0.15, -0.1) is 0 Å². The highest BCUT2D eigenvalue weighted by Crippen LogP contribution is 2.37. The molecule has 2 fully saturated rings. The maximum atomic E-state index is 12.7. The molecule has 1 atom stereocenters. The first-order valence-electron chi connectivity index (χ1n) is 6.93. The van der Waals surface area contributed by atoms with Crippen LogP contribution in [0.2, 0.25) is 0 Å². The zero-order valence-corrected chi connectivity index (χ0v) is 12.7. The van der Waals surface area contributed by atoms with Gasteiger partial charge in [0.1, 0.15) is 5.69 Å². The monoisotopic (exact) mass is 326 g/mol. The number of aromatic nitrogens is 1. The molecule has 1 unspecified atom stereocenters. The number of hydrogen-bond donors (Lipinski definition) is 0. The number of ether oxygens (including phenoxy) is 1. The first-order valence-corrected chi connectivity index (χ1v) is 7.72. The van der Waals surface area contributed by atoms with Crippen molar-refractivity contribution in [3.05, 3.63) is 22.4 Å². The van der Waals surface area contributed by atoms with E-state index in [-0.39, 0.29) is 12.0 Å². The third-order valence-corrected chi connectivity index (χ3v) is 4.15. The number of halogens is 1. The molecule has 2 aliphatic rings. The molecule has 19 heavy (non-hydrogen) atoms. The van der Waals surface area contributed by atoms with Crippen molar-refractivity contribution in [3.63, 3.8) is 0 Å². The van der Waals surface area contributed by atoms with Gasteiger partial charge in [-0.05, 0) is 48.2 Å². The van der Waals surface area contributed by atoms with E-state index >= 15 is 0 Å². The third-order valence-electron chi connectivity index (χ3n) is 3.71. The Morgan fingerprint density at radius 2 is 2.26 bits per heavy atom. The Bertz CT molecular complexity index is 482. The molecule has 0 aromatic carbocycles. The number of hydrogen-bond acceptors (Lipinski definition) is 2. The minimum atomic E-state index is 0.124. The summed E-state index contributed by atoms with van der Waals surface area (Å²) in [5, 5.41) is 0. The van der Waals surface area contributed by atoms with Gasteiger partial charge in [-0.3, -0.25) is 4.79 Å². The van der Waals surface area contributed by atoms with Crippen LogP contribution in [0.3, 0.4) is 0 Å². The molecule has 0 bridgehead atoms. The SMILES string of the molecule is CC1CN(C(=O)c2cc(Br)cn2C2CC2)CCCO1. The van der Waals surface area contributed by atoms with Crippen molar-refractivity contribution in [2.75, 3.05) is 19.7 Å². The summed E-state index contributed by atoms with van der Waals surface area (Å²) in [4.78, 5) is 14.6. The smallest absolute Gasteiger partial charge is 0.270 e. The van der Waals surface area contributed by atoms with E-state index in [1.807, 2.05) is 24.1 Å². The molecule has 2 heterocycles. The largest absolute Gasteiger partial charge is 0.377 e. The van der Waals surface area contributed by atoms with Crippen LogP contribution in [0.1, 0.15) is 42.7 Å². The van der Waals surface area contributed by atoms with Crippen LogP contribution in [-0.2, 0) is 4.74 Å². The van der Waals surface area contributed by atoms with Crippen molar-refractivity contribution < 1.29 is 9.53 Å². The average Bonchev–Trinajstić information content (AvgIpc) is 3.17. The fourth-order valence-corrected chi connectivity index (χ4v) is 3.05. The average molecular weight is 327 g/mol. The Labute approximate surface area is 121 Å². The van der Waals surface area contributed by atoms with Gasteiger partial charge in [-0.2, -0.15) is 0 Å². The molecule has 1 aromatic heterocycles. The number of carbonyl (C=O) groups is 1. The topological polar surface area (TPSA) is 34.5 Å². The zero-order chi connectivity index (χ0) is 13.4. The van der Waals surface area contributed by atoms with E-state index in [1.54, 1.807) is 0 Å². The summed E-state index contributed by atoms with van der Waals surface area (Å²) in [6.45, 7) is 4.25. The summed E-state index contributed by atoms with van der Waals surface area (Å²) < 4.78 is 8.72. The summed E-state index contributed by atoms with van der Waals surface area (Å²) in [7, 11) is 0. The second-order valence-electron chi connectivity index (χ2n) is 5.47. The van der Waals surface area contributed by atoms with E-state index in [9.17, 15) is 4.79 Å². The predicted molar refractivity (Wildman–Crippen MR) is 76.3 cm³/mol. The molecule has 0 spiro atoms. The van der Waals surface area contributed by atoms with Crippen LogP contribution in [0.15, 0.2) is 16.7 Å². The summed E-state index contributed by atoms with van der Waals surface area (Å²) in [6, 6.07) is 2.46. The van der Waals surface area contributed by atoms with E-state index in [1.165, 1.54) is 12.8 Å². The van der Waals surface area contributed by atoms with Gasteiger partial charge >= 0.3 is 0 Å². The Balaban J connectivity index is 1.82. The van der Waals surface area contributed by atoms with Crippen molar-refractivity contribution in [2.45, 2.75) is 38.3 Å². The standard InChI is InChI=1S/C14H19BrN2O2/c1-10-8-16(5-2-6-19-10)14(18)13-7-11(15)9-17(13)12-3-4-12/h7,9-10,12H,2-6,8H2,1H3. The minimum absolute atomic E-state index is 0.124. The van der Waals surface area contributed by atoms with Gasteiger partial charge in [-0.1, -0.05) is 0 Å². The molecule has 0 N–H and O–H groups in total. The van der Waals surface area contributed by atoms with E-state index in [0.717, 1.165) is 29.7 Å². The number of rotatable bonds is 2. The molecule has 1 saturated carbocycles. The number of amides is 1. The third kappa shape index (κ3) is 2.87. The first kappa shape index (κ1) is 13.2. The van der Waals surface area contributed by atoms with Crippen molar-refractivity contribution in [1.29, 1.82) is 0 Å². The summed E-state index contributed by atoms with van der Waals surface area (Å²) in [5.74, 6) is 0.134. The maximum absolute atomic E-state index is 12.7. The normalized spacial score (nSPS) is 24.3. The highest BCUT2D eigenvalue weighted by molar-refractivity contribution is 9.10. The van der Waals surface area contributed by atoms with Gasteiger partial charge in [-0.25, -0.2) is 0 Å². The molecule has 0 radical (unpaired) electrons. The van der Waals surface area contributed by atoms with Gasteiger partial charge < -0.3 is 14.2 Å². The lowest BCUT2D eigenvalue weighted by atomic mass is 10.3.